The van der Waals surface area contributed by atoms with Gasteiger partial charge in [0.15, 0.2) is 0 Å². The number of halogens is 2. The van der Waals surface area contributed by atoms with Crippen LogP contribution in [0.25, 0.3) is 0 Å². The maximum atomic E-state index is 12.1. The molecule has 1 unspecified atom stereocenters. The molecule has 19 heavy (non-hydrogen) atoms. The molecule has 0 spiro atoms. The van der Waals surface area contributed by atoms with E-state index in [0.717, 1.165) is 10.0 Å². The monoisotopic (exact) mass is 337 g/mol. The van der Waals surface area contributed by atoms with Crippen LogP contribution in [0.3, 0.4) is 0 Å². The SMILES string of the molecule is CC(NC(=O)c1cccc(Br)c1)c1ccc(Cl)cc1. The summed E-state index contributed by atoms with van der Waals surface area (Å²) >= 11 is 9.20. The molecule has 0 saturated heterocycles. The van der Waals surface area contributed by atoms with Crippen molar-refractivity contribution in [2.45, 2.75) is 13.0 Å². The van der Waals surface area contributed by atoms with E-state index in [2.05, 4.69) is 21.2 Å². The van der Waals surface area contributed by atoms with Gasteiger partial charge in [-0.1, -0.05) is 45.7 Å². The van der Waals surface area contributed by atoms with Gasteiger partial charge in [-0.25, -0.2) is 0 Å². The third-order valence-electron chi connectivity index (χ3n) is 2.80. The van der Waals surface area contributed by atoms with Crippen LogP contribution in [0, 0.1) is 0 Å². The summed E-state index contributed by atoms with van der Waals surface area (Å²) in [5, 5.41) is 3.65. The molecule has 0 heterocycles. The minimum atomic E-state index is -0.0937. The summed E-state index contributed by atoms with van der Waals surface area (Å²) in [6.07, 6.45) is 0. The molecule has 0 bridgehead atoms. The first-order valence-electron chi connectivity index (χ1n) is 5.88. The molecule has 0 aliphatic heterocycles. The molecule has 0 aromatic heterocycles. The molecule has 1 amide bonds. The van der Waals surface area contributed by atoms with Crippen molar-refractivity contribution in [1.29, 1.82) is 0 Å². The second-order valence-electron chi connectivity index (χ2n) is 4.26. The first-order chi connectivity index (χ1) is 9.06. The Morgan fingerprint density at radius 2 is 1.89 bits per heavy atom. The number of nitrogens with one attached hydrogen (secondary N) is 1. The predicted molar refractivity (Wildman–Crippen MR) is 81.5 cm³/mol. The highest BCUT2D eigenvalue weighted by molar-refractivity contribution is 9.10. The number of benzene rings is 2. The summed E-state index contributed by atoms with van der Waals surface area (Å²) in [4.78, 5) is 12.1. The topological polar surface area (TPSA) is 29.1 Å². The van der Waals surface area contributed by atoms with Gasteiger partial charge in [-0.05, 0) is 42.8 Å². The van der Waals surface area contributed by atoms with E-state index in [1.807, 2.05) is 43.3 Å². The van der Waals surface area contributed by atoms with Crippen molar-refractivity contribution in [3.8, 4) is 0 Å². The van der Waals surface area contributed by atoms with Crippen molar-refractivity contribution >= 4 is 33.4 Å². The summed E-state index contributed by atoms with van der Waals surface area (Å²) in [5.74, 6) is -0.0937. The molecule has 2 nitrogen and oxygen atoms in total. The Morgan fingerprint density at radius 3 is 2.53 bits per heavy atom. The van der Waals surface area contributed by atoms with Gasteiger partial charge in [0.2, 0.25) is 0 Å². The normalized spacial score (nSPS) is 11.9. The first kappa shape index (κ1) is 14.1. The van der Waals surface area contributed by atoms with E-state index in [9.17, 15) is 4.79 Å². The van der Waals surface area contributed by atoms with Crippen LogP contribution in [-0.4, -0.2) is 5.91 Å². The van der Waals surface area contributed by atoms with Crippen molar-refractivity contribution < 1.29 is 4.79 Å². The maximum absolute atomic E-state index is 12.1. The van der Waals surface area contributed by atoms with Gasteiger partial charge in [-0.3, -0.25) is 4.79 Å². The Hall–Kier alpha value is -1.32. The highest BCUT2D eigenvalue weighted by Crippen LogP contribution is 2.17. The molecule has 2 aromatic rings. The predicted octanol–water partition coefficient (Wildman–Crippen LogP) is 4.59. The van der Waals surface area contributed by atoms with Crippen LogP contribution >= 0.6 is 27.5 Å². The molecule has 0 aliphatic carbocycles. The summed E-state index contributed by atoms with van der Waals surface area (Å²) in [7, 11) is 0. The van der Waals surface area contributed by atoms with Crippen molar-refractivity contribution in [3.05, 3.63) is 69.2 Å². The number of amides is 1. The van der Waals surface area contributed by atoms with Crippen molar-refractivity contribution in [3.63, 3.8) is 0 Å². The zero-order valence-electron chi connectivity index (χ0n) is 10.4. The molecule has 0 saturated carbocycles. The number of hydrogen-bond donors (Lipinski definition) is 1. The average Bonchev–Trinajstić information content (AvgIpc) is 2.39. The molecular weight excluding hydrogens is 326 g/mol. The average molecular weight is 339 g/mol. The van der Waals surface area contributed by atoms with Crippen LogP contribution in [0.15, 0.2) is 53.0 Å². The highest BCUT2D eigenvalue weighted by atomic mass is 79.9. The lowest BCUT2D eigenvalue weighted by Gasteiger charge is -2.14. The fourth-order valence-electron chi connectivity index (χ4n) is 1.74. The largest absolute Gasteiger partial charge is 0.346 e. The summed E-state index contributed by atoms with van der Waals surface area (Å²) in [5.41, 5.74) is 1.66. The third kappa shape index (κ3) is 3.82. The Kier molecular flexibility index (Phi) is 4.61. The lowest BCUT2D eigenvalue weighted by atomic mass is 10.1. The Bertz CT molecular complexity index is 583. The van der Waals surface area contributed by atoms with Gasteiger partial charge in [-0.15, -0.1) is 0 Å². The Labute approximate surface area is 125 Å². The van der Waals surface area contributed by atoms with Gasteiger partial charge in [-0.2, -0.15) is 0 Å². The van der Waals surface area contributed by atoms with E-state index in [0.29, 0.717) is 10.6 Å². The minimum absolute atomic E-state index is 0.0660. The quantitative estimate of drug-likeness (QED) is 0.871. The molecule has 2 aromatic carbocycles. The molecule has 2 rings (SSSR count). The van der Waals surface area contributed by atoms with Crippen molar-refractivity contribution in [2.75, 3.05) is 0 Å². The standard InChI is InChI=1S/C15H13BrClNO/c1-10(11-5-7-14(17)8-6-11)18-15(19)12-3-2-4-13(16)9-12/h2-10H,1H3,(H,18,19). The molecule has 1 N–H and O–H groups in total. The van der Waals surface area contributed by atoms with E-state index < -0.39 is 0 Å². The van der Waals surface area contributed by atoms with E-state index in [-0.39, 0.29) is 11.9 Å². The highest BCUT2D eigenvalue weighted by Gasteiger charge is 2.11. The van der Waals surface area contributed by atoms with Crippen LogP contribution in [-0.2, 0) is 0 Å². The van der Waals surface area contributed by atoms with E-state index >= 15 is 0 Å². The lowest BCUT2D eigenvalue weighted by molar-refractivity contribution is 0.0940. The molecular formula is C15H13BrClNO. The molecule has 1 atom stereocenters. The first-order valence-corrected chi connectivity index (χ1v) is 7.05. The van der Waals surface area contributed by atoms with E-state index in [1.165, 1.54) is 0 Å². The smallest absolute Gasteiger partial charge is 0.251 e. The van der Waals surface area contributed by atoms with Crippen molar-refractivity contribution in [2.24, 2.45) is 0 Å². The lowest BCUT2D eigenvalue weighted by Crippen LogP contribution is -2.26. The fourth-order valence-corrected chi connectivity index (χ4v) is 2.27. The molecule has 0 aliphatic rings. The zero-order valence-corrected chi connectivity index (χ0v) is 12.7. The van der Waals surface area contributed by atoms with Crippen LogP contribution < -0.4 is 5.32 Å². The van der Waals surface area contributed by atoms with Crippen molar-refractivity contribution in [1.82, 2.24) is 5.32 Å². The maximum Gasteiger partial charge on any atom is 0.251 e. The third-order valence-corrected chi connectivity index (χ3v) is 3.55. The van der Waals surface area contributed by atoms with Gasteiger partial charge in [0.05, 0.1) is 6.04 Å². The number of rotatable bonds is 3. The second kappa shape index (κ2) is 6.22. The Balaban J connectivity index is 2.08. The number of carbonyl (C=O) groups is 1. The summed E-state index contributed by atoms with van der Waals surface area (Å²) < 4.78 is 0.888. The van der Waals surface area contributed by atoms with Crippen LogP contribution in [0.4, 0.5) is 0 Å². The summed E-state index contributed by atoms with van der Waals surface area (Å²) in [6.45, 7) is 1.94. The molecule has 0 radical (unpaired) electrons. The molecule has 98 valence electrons. The number of carbonyl (C=O) groups excluding carboxylic acids is 1. The van der Waals surface area contributed by atoms with E-state index in [4.69, 9.17) is 11.6 Å². The molecule has 4 heteroatoms. The van der Waals surface area contributed by atoms with Gasteiger partial charge in [0, 0.05) is 15.1 Å². The van der Waals surface area contributed by atoms with Gasteiger partial charge in [0.1, 0.15) is 0 Å². The Morgan fingerprint density at radius 1 is 1.21 bits per heavy atom. The van der Waals surface area contributed by atoms with Gasteiger partial charge < -0.3 is 5.32 Å². The fraction of sp³-hybridized carbons (Fsp3) is 0.133. The van der Waals surface area contributed by atoms with Crippen LogP contribution in [0.5, 0.6) is 0 Å². The van der Waals surface area contributed by atoms with Crippen LogP contribution in [0.2, 0.25) is 5.02 Å². The van der Waals surface area contributed by atoms with Gasteiger partial charge in [0.25, 0.3) is 5.91 Å². The number of hydrogen-bond acceptors (Lipinski definition) is 1. The van der Waals surface area contributed by atoms with E-state index in [1.54, 1.807) is 12.1 Å². The second-order valence-corrected chi connectivity index (χ2v) is 5.61. The summed E-state index contributed by atoms with van der Waals surface area (Å²) in [6, 6.07) is 14.7. The van der Waals surface area contributed by atoms with Gasteiger partial charge >= 0.3 is 0 Å². The molecule has 0 fully saturated rings. The van der Waals surface area contributed by atoms with Crippen LogP contribution in [0.1, 0.15) is 28.9 Å². The zero-order chi connectivity index (χ0) is 13.8. The minimum Gasteiger partial charge on any atom is -0.346 e.